The molecule has 0 saturated carbocycles. The average molecular weight is 261 g/mol. The van der Waals surface area contributed by atoms with E-state index in [2.05, 4.69) is 15.2 Å². The molecule has 18 heavy (non-hydrogen) atoms. The maximum absolute atomic E-state index is 5.81. The summed E-state index contributed by atoms with van der Waals surface area (Å²) in [7, 11) is 1.63. The molecule has 0 spiro atoms. The maximum Gasteiger partial charge on any atom is 0.169 e. The van der Waals surface area contributed by atoms with E-state index in [4.69, 9.17) is 16.3 Å². The first-order valence-corrected chi connectivity index (χ1v) is 5.66. The third-order valence-electron chi connectivity index (χ3n) is 2.59. The lowest BCUT2D eigenvalue weighted by atomic mass is 10.2. The van der Waals surface area contributed by atoms with Crippen molar-refractivity contribution in [2.45, 2.75) is 0 Å². The fraction of sp³-hybridized carbons (Fsp3) is 0.0833. The number of halogens is 1. The van der Waals surface area contributed by atoms with Crippen LogP contribution in [-0.2, 0) is 0 Å². The number of nitrogens with zero attached hydrogens (tertiary/aromatic N) is 4. The number of rotatable bonds is 2. The monoisotopic (exact) mass is 260 g/mol. The second kappa shape index (κ2) is 4.27. The van der Waals surface area contributed by atoms with Gasteiger partial charge in [-0.1, -0.05) is 23.7 Å². The Bertz CT molecular complexity index is 710. The van der Waals surface area contributed by atoms with E-state index in [0.717, 1.165) is 11.3 Å². The van der Waals surface area contributed by atoms with Crippen LogP contribution in [0.3, 0.4) is 0 Å². The normalized spacial score (nSPS) is 10.8. The van der Waals surface area contributed by atoms with Gasteiger partial charge in [0.05, 0.1) is 7.11 Å². The maximum atomic E-state index is 5.81. The van der Waals surface area contributed by atoms with Crippen molar-refractivity contribution in [2.75, 3.05) is 7.11 Å². The van der Waals surface area contributed by atoms with E-state index in [9.17, 15) is 0 Å². The summed E-state index contributed by atoms with van der Waals surface area (Å²) in [5.74, 6) is 1.47. The highest BCUT2D eigenvalue weighted by atomic mass is 35.5. The van der Waals surface area contributed by atoms with Gasteiger partial charge < -0.3 is 4.74 Å². The predicted octanol–water partition coefficient (Wildman–Crippen LogP) is 2.45. The van der Waals surface area contributed by atoms with Gasteiger partial charge in [-0.2, -0.15) is 0 Å². The van der Waals surface area contributed by atoms with Gasteiger partial charge in [-0.15, -0.1) is 10.2 Å². The molecule has 0 N–H and O–H groups in total. The first kappa shape index (κ1) is 11.0. The van der Waals surface area contributed by atoms with Crippen molar-refractivity contribution in [3.05, 3.63) is 41.8 Å². The minimum Gasteiger partial charge on any atom is -0.497 e. The molecule has 0 fully saturated rings. The van der Waals surface area contributed by atoms with Crippen LogP contribution in [0.25, 0.3) is 17.0 Å². The van der Waals surface area contributed by atoms with Crippen molar-refractivity contribution in [3.63, 3.8) is 0 Å². The Morgan fingerprint density at radius 1 is 1.22 bits per heavy atom. The average Bonchev–Trinajstić information content (AvgIpc) is 2.81. The minimum atomic E-state index is 0.395. The number of ether oxygens (including phenoxy) is 1. The Morgan fingerprint density at radius 2 is 2.11 bits per heavy atom. The fourth-order valence-corrected chi connectivity index (χ4v) is 1.87. The topological polar surface area (TPSA) is 52.3 Å². The number of methoxy groups -OCH3 is 1. The van der Waals surface area contributed by atoms with Crippen LogP contribution in [0.1, 0.15) is 0 Å². The van der Waals surface area contributed by atoms with Gasteiger partial charge >= 0.3 is 0 Å². The molecule has 1 aromatic carbocycles. The van der Waals surface area contributed by atoms with Gasteiger partial charge in [0, 0.05) is 11.6 Å². The molecule has 2 heterocycles. The van der Waals surface area contributed by atoms with Gasteiger partial charge in [-0.3, -0.25) is 4.40 Å². The molecule has 0 aliphatic heterocycles. The van der Waals surface area contributed by atoms with Gasteiger partial charge in [0.1, 0.15) is 17.2 Å². The number of benzene rings is 1. The summed E-state index contributed by atoms with van der Waals surface area (Å²) in [5, 5.41) is 8.60. The lowest BCUT2D eigenvalue weighted by molar-refractivity contribution is 0.415. The molecule has 5 nitrogen and oxygen atoms in total. The molecule has 0 saturated heterocycles. The molecule has 90 valence electrons. The zero-order chi connectivity index (χ0) is 12.5. The molecule has 0 bridgehead atoms. The molecule has 0 atom stereocenters. The lowest BCUT2D eigenvalue weighted by Gasteiger charge is -2.02. The van der Waals surface area contributed by atoms with E-state index in [0.29, 0.717) is 16.6 Å². The quantitative estimate of drug-likeness (QED) is 0.664. The predicted molar refractivity (Wildman–Crippen MR) is 67.8 cm³/mol. The zero-order valence-electron chi connectivity index (χ0n) is 9.54. The van der Waals surface area contributed by atoms with E-state index >= 15 is 0 Å². The third kappa shape index (κ3) is 1.78. The number of hydrogen-bond acceptors (Lipinski definition) is 4. The molecule has 2 aromatic heterocycles. The highest BCUT2D eigenvalue weighted by Crippen LogP contribution is 2.23. The molecule has 0 amide bonds. The van der Waals surface area contributed by atoms with E-state index < -0.39 is 0 Å². The Kier molecular flexibility index (Phi) is 2.60. The van der Waals surface area contributed by atoms with Crippen molar-refractivity contribution >= 4 is 17.2 Å². The standard InChI is InChI=1S/C12H9ClN4O/c1-18-9-4-2-3-8(5-9)12-16-15-11-6-10(13)14-7-17(11)12/h2-7H,1H3. The Morgan fingerprint density at radius 3 is 2.94 bits per heavy atom. The molecular formula is C12H9ClN4O. The molecule has 0 radical (unpaired) electrons. The summed E-state index contributed by atoms with van der Waals surface area (Å²) in [6, 6.07) is 9.28. The summed E-state index contributed by atoms with van der Waals surface area (Å²) in [4.78, 5) is 4.03. The van der Waals surface area contributed by atoms with Crippen molar-refractivity contribution in [1.29, 1.82) is 0 Å². The smallest absolute Gasteiger partial charge is 0.169 e. The SMILES string of the molecule is COc1cccc(-c2nnc3cc(Cl)ncn23)c1. The van der Waals surface area contributed by atoms with Crippen LogP contribution in [0.4, 0.5) is 0 Å². The molecule has 0 unspecified atom stereocenters. The van der Waals surface area contributed by atoms with Crippen LogP contribution in [0.5, 0.6) is 5.75 Å². The molecule has 0 aliphatic rings. The number of aromatic nitrogens is 4. The molecule has 6 heteroatoms. The zero-order valence-corrected chi connectivity index (χ0v) is 10.3. The van der Waals surface area contributed by atoms with Gasteiger partial charge in [0.25, 0.3) is 0 Å². The largest absolute Gasteiger partial charge is 0.497 e. The van der Waals surface area contributed by atoms with Gasteiger partial charge in [0.2, 0.25) is 0 Å². The second-order valence-electron chi connectivity index (χ2n) is 3.70. The van der Waals surface area contributed by atoms with Gasteiger partial charge in [0.15, 0.2) is 11.5 Å². The summed E-state index contributed by atoms with van der Waals surface area (Å²) in [6.45, 7) is 0. The van der Waals surface area contributed by atoms with Crippen molar-refractivity contribution < 1.29 is 4.74 Å². The number of fused-ring (bicyclic) bond motifs is 1. The van der Waals surface area contributed by atoms with Crippen LogP contribution >= 0.6 is 11.6 Å². The number of hydrogen-bond donors (Lipinski definition) is 0. The van der Waals surface area contributed by atoms with E-state index in [1.54, 1.807) is 23.9 Å². The second-order valence-corrected chi connectivity index (χ2v) is 4.08. The van der Waals surface area contributed by atoms with Gasteiger partial charge in [-0.25, -0.2) is 4.98 Å². The van der Waals surface area contributed by atoms with Crippen LogP contribution < -0.4 is 4.74 Å². The van der Waals surface area contributed by atoms with Crippen molar-refractivity contribution in [1.82, 2.24) is 19.6 Å². The van der Waals surface area contributed by atoms with Crippen molar-refractivity contribution in [3.8, 4) is 17.1 Å². The summed E-state index contributed by atoms with van der Waals surface area (Å²) in [6.07, 6.45) is 1.60. The molecule has 3 rings (SSSR count). The summed E-state index contributed by atoms with van der Waals surface area (Å²) in [5.41, 5.74) is 1.57. The third-order valence-corrected chi connectivity index (χ3v) is 2.80. The van der Waals surface area contributed by atoms with Crippen LogP contribution in [-0.4, -0.2) is 26.7 Å². The van der Waals surface area contributed by atoms with Crippen molar-refractivity contribution in [2.24, 2.45) is 0 Å². The van der Waals surface area contributed by atoms with Gasteiger partial charge in [-0.05, 0) is 12.1 Å². The Labute approximate surface area is 108 Å². The van der Waals surface area contributed by atoms with E-state index in [1.165, 1.54) is 0 Å². The Hall–Kier alpha value is -2.14. The van der Waals surface area contributed by atoms with Crippen LogP contribution in [0, 0.1) is 0 Å². The van der Waals surface area contributed by atoms with Crippen LogP contribution in [0.2, 0.25) is 5.15 Å². The molecule has 0 aliphatic carbocycles. The lowest BCUT2D eigenvalue weighted by Crippen LogP contribution is -1.91. The highest BCUT2D eigenvalue weighted by molar-refractivity contribution is 6.29. The van der Waals surface area contributed by atoms with E-state index in [-0.39, 0.29) is 0 Å². The molecule has 3 aromatic rings. The highest BCUT2D eigenvalue weighted by Gasteiger charge is 2.09. The minimum absolute atomic E-state index is 0.395. The first-order valence-electron chi connectivity index (χ1n) is 5.28. The summed E-state index contributed by atoms with van der Waals surface area (Å²) < 4.78 is 6.97. The van der Waals surface area contributed by atoms with Crippen LogP contribution in [0.15, 0.2) is 36.7 Å². The van der Waals surface area contributed by atoms with E-state index in [1.807, 2.05) is 24.3 Å². The summed E-state index contributed by atoms with van der Waals surface area (Å²) >= 11 is 5.81. The first-order chi connectivity index (χ1) is 8.78. The molecular weight excluding hydrogens is 252 g/mol. The Balaban J connectivity index is 2.19. The fourth-order valence-electron chi connectivity index (χ4n) is 1.73.